The zero-order valence-corrected chi connectivity index (χ0v) is 20.4. The summed E-state index contributed by atoms with van der Waals surface area (Å²) < 4.78 is 0. The fourth-order valence-corrected chi connectivity index (χ4v) is 4.24. The first-order valence-corrected chi connectivity index (χ1v) is 12.7. The van der Waals surface area contributed by atoms with Crippen LogP contribution < -0.4 is 31.9 Å². The first kappa shape index (κ1) is 26.1. The number of carbonyl (C=O) groups is 2. The van der Waals surface area contributed by atoms with Crippen LogP contribution in [0.4, 0.5) is 11.4 Å². The first-order chi connectivity index (χ1) is 16.7. The number of nitrogens with two attached hydrogens (primary N) is 1. The summed E-state index contributed by atoms with van der Waals surface area (Å²) in [6.45, 7) is 8.52. The highest BCUT2D eigenvalue weighted by molar-refractivity contribution is 6.27. The molecule has 0 unspecified atom stereocenters. The van der Waals surface area contributed by atoms with Gasteiger partial charge in [-0.3, -0.25) is 9.59 Å². The molecule has 0 fully saturated rings. The minimum atomic E-state index is -0.0793. The minimum absolute atomic E-state index is 0.0515. The molecule has 34 heavy (non-hydrogen) atoms. The second-order valence-corrected chi connectivity index (χ2v) is 8.75. The minimum Gasteiger partial charge on any atom is -0.330 e. The molecule has 2 aromatic carbocycles. The van der Waals surface area contributed by atoms with Gasteiger partial charge in [-0.25, -0.2) is 0 Å². The Morgan fingerprint density at radius 2 is 1.62 bits per heavy atom. The summed E-state index contributed by atoms with van der Waals surface area (Å²) >= 11 is 0. The van der Waals surface area contributed by atoms with Gasteiger partial charge in [0.15, 0.2) is 0 Å². The largest absolute Gasteiger partial charge is 0.330 e. The summed E-state index contributed by atoms with van der Waals surface area (Å²) in [6.07, 6.45) is 5.08. The number of anilines is 2. The lowest BCUT2D eigenvalue weighted by atomic mass is 10.0. The normalized spacial score (nSPS) is 12.6. The van der Waals surface area contributed by atoms with Crippen molar-refractivity contribution in [1.29, 1.82) is 0 Å². The molecule has 2 amide bonds. The number of carbonyl (C=O) groups excluding carboxylic acids is 2. The Labute approximate surface area is 203 Å². The van der Waals surface area contributed by atoms with Crippen LogP contribution in [0.3, 0.4) is 0 Å². The Hall–Kier alpha value is -2.52. The molecule has 0 saturated carbocycles. The van der Waals surface area contributed by atoms with E-state index >= 15 is 0 Å². The number of nitrogens with one attached hydrogen (secondary N) is 4. The van der Waals surface area contributed by atoms with E-state index < -0.39 is 0 Å². The monoisotopic (exact) mass is 468 g/mol. The number of amides is 2. The van der Waals surface area contributed by atoms with Crippen molar-refractivity contribution in [2.24, 2.45) is 5.73 Å². The third kappa shape index (κ3) is 6.99. The molecule has 6 N–H and O–H groups in total. The second kappa shape index (κ2) is 14.0. The van der Waals surface area contributed by atoms with Crippen LogP contribution in [-0.2, 0) is 4.79 Å². The van der Waals surface area contributed by atoms with E-state index in [4.69, 9.17) is 5.73 Å². The van der Waals surface area contributed by atoms with Crippen molar-refractivity contribution in [3.8, 4) is 0 Å². The number of nitrogens with zero attached hydrogens (tertiary/aromatic N) is 1. The van der Waals surface area contributed by atoms with Crippen molar-refractivity contribution in [1.82, 2.24) is 16.0 Å². The van der Waals surface area contributed by atoms with E-state index in [1.165, 1.54) is 0 Å². The van der Waals surface area contributed by atoms with Crippen molar-refractivity contribution in [2.45, 2.75) is 39.0 Å². The summed E-state index contributed by atoms with van der Waals surface area (Å²) in [4.78, 5) is 27.2. The molecular formula is C26H40N6O2. The molecule has 0 atom stereocenters. The van der Waals surface area contributed by atoms with E-state index in [0.29, 0.717) is 0 Å². The predicted octanol–water partition coefficient (Wildman–Crippen LogP) is 2.44. The van der Waals surface area contributed by atoms with Gasteiger partial charge in [-0.1, -0.05) is 25.5 Å². The Morgan fingerprint density at radius 3 is 2.32 bits per heavy atom. The van der Waals surface area contributed by atoms with Gasteiger partial charge in [-0.05, 0) is 83.2 Å². The highest BCUT2D eigenvalue weighted by Crippen LogP contribution is 2.40. The number of hydrogen-bond acceptors (Lipinski definition) is 6. The maximum absolute atomic E-state index is 12.9. The van der Waals surface area contributed by atoms with Gasteiger partial charge >= 0.3 is 0 Å². The van der Waals surface area contributed by atoms with Gasteiger partial charge in [0, 0.05) is 28.6 Å². The van der Waals surface area contributed by atoms with Crippen LogP contribution in [0.2, 0.25) is 0 Å². The molecule has 0 saturated heterocycles. The van der Waals surface area contributed by atoms with Crippen molar-refractivity contribution in [3.05, 3.63) is 35.9 Å². The highest BCUT2D eigenvalue weighted by atomic mass is 16.2. The maximum atomic E-state index is 12.9. The number of hydrogen-bond donors (Lipinski definition) is 5. The summed E-state index contributed by atoms with van der Waals surface area (Å²) in [5.74, 6) is -0.0277. The number of rotatable bonds is 17. The lowest BCUT2D eigenvalue weighted by Crippen LogP contribution is -2.30. The summed E-state index contributed by atoms with van der Waals surface area (Å²) in [6, 6.07) is 9.60. The first-order valence-electron chi connectivity index (χ1n) is 12.7. The van der Waals surface area contributed by atoms with Crippen LogP contribution in [0.5, 0.6) is 0 Å². The van der Waals surface area contributed by atoms with E-state index in [9.17, 15) is 9.59 Å². The third-order valence-corrected chi connectivity index (χ3v) is 6.05. The quantitative estimate of drug-likeness (QED) is 0.228. The van der Waals surface area contributed by atoms with Crippen molar-refractivity contribution in [3.63, 3.8) is 0 Å². The zero-order valence-electron chi connectivity index (χ0n) is 20.4. The van der Waals surface area contributed by atoms with E-state index in [0.717, 1.165) is 106 Å². The molecule has 1 aliphatic rings. The van der Waals surface area contributed by atoms with Crippen LogP contribution in [-0.4, -0.2) is 64.2 Å². The average molecular weight is 469 g/mol. The Bertz CT molecular complexity index is 948. The molecule has 186 valence electrons. The van der Waals surface area contributed by atoms with Gasteiger partial charge in [0.05, 0.1) is 12.2 Å². The fraction of sp³-hybridized carbons (Fsp3) is 0.538. The molecule has 3 rings (SSSR count). The Morgan fingerprint density at radius 1 is 0.912 bits per heavy atom. The van der Waals surface area contributed by atoms with Crippen LogP contribution in [0.25, 0.3) is 10.8 Å². The molecule has 0 bridgehead atoms. The van der Waals surface area contributed by atoms with Crippen molar-refractivity contribution < 1.29 is 9.59 Å². The molecule has 0 spiro atoms. The molecule has 0 aliphatic carbocycles. The fourth-order valence-electron chi connectivity index (χ4n) is 4.24. The topological polar surface area (TPSA) is 112 Å². The third-order valence-electron chi connectivity index (χ3n) is 6.05. The Kier molecular flexibility index (Phi) is 10.8. The van der Waals surface area contributed by atoms with Gasteiger partial charge < -0.3 is 31.9 Å². The van der Waals surface area contributed by atoms with Gasteiger partial charge in [0.25, 0.3) is 5.91 Å². The van der Waals surface area contributed by atoms with Crippen molar-refractivity contribution >= 4 is 34.0 Å². The smallest absolute Gasteiger partial charge is 0.258 e. The lowest BCUT2D eigenvalue weighted by molar-refractivity contribution is -0.115. The van der Waals surface area contributed by atoms with Crippen molar-refractivity contribution in [2.75, 3.05) is 62.6 Å². The number of unbranched alkanes of at least 4 members (excludes halogenated alkanes) is 1. The van der Waals surface area contributed by atoms with Crippen LogP contribution in [0.1, 0.15) is 49.4 Å². The van der Waals surface area contributed by atoms with E-state index in [2.05, 4.69) is 28.2 Å². The SMILES string of the molecule is CCCCN1C(=O)c2cccc3c(NC(=O)CNCCCNCCCNCCCN)ccc1c23. The molecule has 8 nitrogen and oxygen atoms in total. The molecule has 1 heterocycles. The van der Waals surface area contributed by atoms with Gasteiger partial charge in [0.2, 0.25) is 5.91 Å². The summed E-state index contributed by atoms with van der Waals surface area (Å²) in [5, 5.41) is 14.9. The Balaban J connectivity index is 1.40. The van der Waals surface area contributed by atoms with Crippen LogP contribution >= 0.6 is 0 Å². The standard InChI is InChI=1S/C26H40N6O2/c1-2-3-18-32-23-11-10-22(20-8-4-9-21(25(20)23)26(32)34)31-24(33)19-30-17-7-16-29-15-6-14-28-13-5-12-27/h4,8-11,28-30H,2-3,5-7,12-19,27H2,1H3,(H,31,33). The van der Waals surface area contributed by atoms with E-state index in [1.807, 2.05) is 35.2 Å². The summed E-state index contributed by atoms with van der Waals surface area (Å²) in [5.41, 5.74) is 7.88. The van der Waals surface area contributed by atoms with Crippen LogP contribution in [0, 0.1) is 0 Å². The van der Waals surface area contributed by atoms with Gasteiger partial charge in [-0.2, -0.15) is 0 Å². The molecule has 0 aromatic heterocycles. The molecule has 2 aromatic rings. The molecule has 0 radical (unpaired) electrons. The summed E-state index contributed by atoms with van der Waals surface area (Å²) in [7, 11) is 0. The highest BCUT2D eigenvalue weighted by Gasteiger charge is 2.30. The van der Waals surface area contributed by atoms with E-state index in [-0.39, 0.29) is 18.4 Å². The van der Waals surface area contributed by atoms with Gasteiger partial charge in [-0.15, -0.1) is 0 Å². The zero-order chi connectivity index (χ0) is 24.2. The maximum Gasteiger partial charge on any atom is 0.258 e. The van der Waals surface area contributed by atoms with Crippen LogP contribution in [0.15, 0.2) is 30.3 Å². The van der Waals surface area contributed by atoms with Gasteiger partial charge in [0.1, 0.15) is 0 Å². The lowest BCUT2D eigenvalue weighted by Gasteiger charge is -2.17. The molecular weight excluding hydrogens is 428 g/mol. The molecule has 1 aliphatic heterocycles. The van der Waals surface area contributed by atoms with E-state index in [1.54, 1.807) is 0 Å². The molecule has 8 heteroatoms. The average Bonchev–Trinajstić information content (AvgIpc) is 3.12. The number of benzene rings is 2. The predicted molar refractivity (Wildman–Crippen MR) is 141 cm³/mol. The second-order valence-electron chi connectivity index (χ2n) is 8.75.